The van der Waals surface area contributed by atoms with Crippen molar-refractivity contribution in [3.05, 3.63) is 22.5 Å². The van der Waals surface area contributed by atoms with E-state index in [2.05, 4.69) is 9.72 Å². The maximum atomic E-state index is 12.7. The number of methoxy groups -OCH3 is 1. The molecule has 0 aliphatic heterocycles. The second-order valence-electron chi connectivity index (χ2n) is 2.92. The number of esters is 1. The summed E-state index contributed by atoms with van der Waals surface area (Å²) in [5.41, 5.74) is -1.17. The Balaban J connectivity index is 3.34. The summed E-state index contributed by atoms with van der Waals surface area (Å²) in [6.45, 7) is 1.61. The van der Waals surface area contributed by atoms with Crippen LogP contribution in [0.4, 0.5) is 8.78 Å². The molecule has 7 heteroatoms. The van der Waals surface area contributed by atoms with Crippen LogP contribution in [0.2, 0.25) is 5.02 Å². The number of hydrogen-bond donors (Lipinski definition) is 0. The van der Waals surface area contributed by atoms with Gasteiger partial charge in [-0.3, -0.25) is 4.98 Å². The maximum Gasteiger partial charge on any atom is 0.341 e. The van der Waals surface area contributed by atoms with Crippen molar-refractivity contribution >= 4 is 17.6 Å². The fourth-order valence-corrected chi connectivity index (χ4v) is 1.49. The first-order chi connectivity index (χ1) is 8.02. The summed E-state index contributed by atoms with van der Waals surface area (Å²) in [6, 6.07) is 0. The standard InChI is InChI=1S/C10H10ClF2NO3/c1-3-17-10(15)6-7(11)5(16-2)4-14-8(6)9(12)13/h4,9H,3H2,1-2H3. The molecule has 0 saturated heterocycles. The summed E-state index contributed by atoms with van der Waals surface area (Å²) in [5.74, 6) is -0.904. The highest BCUT2D eigenvalue weighted by Crippen LogP contribution is 2.33. The molecule has 1 aromatic rings. The largest absolute Gasteiger partial charge is 0.494 e. The molecule has 0 bridgehead atoms. The van der Waals surface area contributed by atoms with Crippen LogP contribution in [-0.4, -0.2) is 24.7 Å². The molecule has 1 rings (SSSR count). The highest BCUT2D eigenvalue weighted by Gasteiger charge is 2.26. The highest BCUT2D eigenvalue weighted by atomic mass is 35.5. The molecule has 0 aromatic carbocycles. The topological polar surface area (TPSA) is 48.4 Å². The molecule has 4 nitrogen and oxygen atoms in total. The molecule has 0 aliphatic carbocycles. The Bertz CT molecular complexity index is 426. The van der Waals surface area contributed by atoms with Crippen LogP contribution in [0.3, 0.4) is 0 Å². The average Bonchev–Trinajstić information content (AvgIpc) is 2.28. The Labute approximate surface area is 101 Å². The molecule has 94 valence electrons. The van der Waals surface area contributed by atoms with Crippen molar-refractivity contribution in [2.24, 2.45) is 0 Å². The number of aromatic nitrogens is 1. The van der Waals surface area contributed by atoms with Gasteiger partial charge in [-0.25, -0.2) is 13.6 Å². The molecule has 1 heterocycles. The van der Waals surface area contributed by atoms with Crippen molar-refractivity contribution in [2.45, 2.75) is 13.3 Å². The molecule has 17 heavy (non-hydrogen) atoms. The van der Waals surface area contributed by atoms with Gasteiger partial charge in [0, 0.05) is 0 Å². The molecule has 0 radical (unpaired) electrons. The molecule has 0 amide bonds. The molecule has 0 spiro atoms. The van der Waals surface area contributed by atoms with E-state index in [0.717, 1.165) is 6.20 Å². The van der Waals surface area contributed by atoms with Gasteiger partial charge in [0.1, 0.15) is 16.3 Å². The van der Waals surface area contributed by atoms with Gasteiger partial charge in [-0.15, -0.1) is 0 Å². The van der Waals surface area contributed by atoms with Crippen molar-refractivity contribution in [1.29, 1.82) is 0 Å². The van der Waals surface area contributed by atoms with E-state index >= 15 is 0 Å². The van der Waals surface area contributed by atoms with E-state index in [1.54, 1.807) is 6.92 Å². The van der Waals surface area contributed by atoms with Crippen molar-refractivity contribution in [3.63, 3.8) is 0 Å². The SMILES string of the molecule is CCOC(=O)c1c(C(F)F)ncc(OC)c1Cl. The number of carbonyl (C=O) groups is 1. The summed E-state index contributed by atoms with van der Waals surface area (Å²) in [5, 5.41) is -0.226. The predicted molar refractivity (Wildman–Crippen MR) is 56.7 cm³/mol. The average molecular weight is 266 g/mol. The van der Waals surface area contributed by atoms with Crippen LogP contribution >= 0.6 is 11.6 Å². The predicted octanol–water partition coefficient (Wildman–Crippen LogP) is 2.86. The van der Waals surface area contributed by atoms with Gasteiger partial charge < -0.3 is 9.47 Å². The minimum absolute atomic E-state index is 0.0409. The zero-order valence-electron chi connectivity index (χ0n) is 9.17. The number of pyridine rings is 1. The molecule has 0 N–H and O–H groups in total. The van der Waals surface area contributed by atoms with Gasteiger partial charge in [0.05, 0.1) is 19.9 Å². The Morgan fingerprint density at radius 1 is 1.59 bits per heavy atom. The Morgan fingerprint density at radius 2 is 2.24 bits per heavy atom. The summed E-state index contributed by atoms with van der Waals surface area (Å²) in [4.78, 5) is 15.0. The van der Waals surface area contributed by atoms with Gasteiger partial charge in [-0.1, -0.05) is 11.6 Å². The lowest BCUT2D eigenvalue weighted by atomic mass is 10.2. The van der Waals surface area contributed by atoms with E-state index in [4.69, 9.17) is 16.3 Å². The molecular weight excluding hydrogens is 256 g/mol. The van der Waals surface area contributed by atoms with Gasteiger partial charge in [0.2, 0.25) is 0 Å². The van der Waals surface area contributed by atoms with Crippen LogP contribution < -0.4 is 4.74 Å². The van der Waals surface area contributed by atoms with Gasteiger partial charge in [-0.2, -0.15) is 0 Å². The Hall–Kier alpha value is -1.43. The van der Waals surface area contributed by atoms with E-state index in [1.807, 2.05) is 0 Å². The minimum Gasteiger partial charge on any atom is -0.494 e. The third-order valence-corrected chi connectivity index (χ3v) is 2.29. The second kappa shape index (κ2) is 5.77. The molecular formula is C10H10ClF2NO3. The molecule has 0 fully saturated rings. The smallest absolute Gasteiger partial charge is 0.341 e. The number of hydrogen-bond acceptors (Lipinski definition) is 4. The van der Waals surface area contributed by atoms with E-state index < -0.39 is 23.7 Å². The van der Waals surface area contributed by atoms with Gasteiger partial charge >= 0.3 is 5.97 Å². The number of nitrogens with zero attached hydrogens (tertiary/aromatic N) is 1. The summed E-state index contributed by atoms with van der Waals surface area (Å²) < 4.78 is 34.8. The lowest BCUT2D eigenvalue weighted by molar-refractivity contribution is 0.0513. The first-order valence-electron chi connectivity index (χ1n) is 4.70. The van der Waals surface area contributed by atoms with Crippen molar-refractivity contribution in [2.75, 3.05) is 13.7 Å². The first-order valence-corrected chi connectivity index (χ1v) is 5.08. The van der Waals surface area contributed by atoms with Crippen LogP contribution in [0, 0.1) is 0 Å². The fourth-order valence-electron chi connectivity index (χ4n) is 1.19. The van der Waals surface area contributed by atoms with Crippen LogP contribution in [-0.2, 0) is 4.74 Å². The molecule has 0 aliphatic rings. The van der Waals surface area contributed by atoms with Crippen LogP contribution in [0.25, 0.3) is 0 Å². The number of alkyl halides is 2. The summed E-state index contributed by atoms with van der Waals surface area (Å²) in [7, 11) is 1.29. The lowest BCUT2D eigenvalue weighted by Crippen LogP contribution is -2.11. The zero-order chi connectivity index (χ0) is 13.0. The molecule has 0 saturated carbocycles. The van der Waals surface area contributed by atoms with E-state index in [1.165, 1.54) is 7.11 Å². The fraction of sp³-hybridized carbons (Fsp3) is 0.400. The number of halogens is 3. The summed E-state index contributed by atoms with van der Waals surface area (Å²) in [6.07, 6.45) is -1.88. The number of carbonyl (C=O) groups excluding carboxylic acids is 1. The number of rotatable bonds is 4. The molecule has 1 aromatic heterocycles. The van der Waals surface area contributed by atoms with E-state index in [9.17, 15) is 13.6 Å². The van der Waals surface area contributed by atoms with Crippen LogP contribution in [0.15, 0.2) is 6.20 Å². The third kappa shape index (κ3) is 2.82. The third-order valence-electron chi connectivity index (χ3n) is 1.92. The summed E-state index contributed by atoms with van der Waals surface area (Å²) >= 11 is 5.79. The quantitative estimate of drug-likeness (QED) is 0.786. The monoisotopic (exact) mass is 265 g/mol. The lowest BCUT2D eigenvalue weighted by Gasteiger charge is -2.11. The van der Waals surface area contributed by atoms with Gasteiger partial charge in [-0.05, 0) is 6.92 Å². The minimum atomic E-state index is -2.92. The van der Waals surface area contributed by atoms with Gasteiger partial charge in [0.25, 0.3) is 6.43 Å². The normalized spacial score (nSPS) is 10.5. The first kappa shape index (κ1) is 13.6. The van der Waals surface area contributed by atoms with Crippen molar-refractivity contribution in [1.82, 2.24) is 4.98 Å². The maximum absolute atomic E-state index is 12.7. The Kier molecular flexibility index (Phi) is 4.62. The van der Waals surface area contributed by atoms with E-state index in [0.29, 0.717) is 0 Å². The highest BCUT2D eigenvalue weighted by molar-refractivity contribution is 6.35. The molecule has 0 atom stereocenters. The van der Waals surface area contributed by atoms with Crippen molar-refractivity contribution in [3.8, 4) is 5.75 Å². The zero-order valence-corrected chi connectivity index (χ0v) is 9.92. The second-order valence-corrected chi connectivity index (χ2v) is 3.30. The van der Waals surface area contributed by atoms with Crippen molar-refractivity contribution < 1.29 is 23.0 Å². The van der Waals surface area contributed by atoms with Crippen LogP contribution in [0.5, 0.6) is 5.75 Å². The molecule has 0 unspecified atom stereocenters. The Morgan fingerprint density at radius 3 is 2.71 bits per heavy atom. The van der Waals surface area contributed by atoms with Crippen LogP contribution in [0.1, 0.15) is 29.4 Å². The van der Waals surface area contributed by atoms with Gasteiger partial charge in [0.15, 0.2) is 5.75 Å². The number of ether oxygens (including phenoxy) is 2. The van der Waals surface area contributed by atoms with E-state index in [-0.39, 0.29) is 17.4 Å².